The third-order valence-electron chi connectivity index (χ3n) is 5.86. The second-order valence-corrected chi connectivity index (χ2v) is 10.7. The van der Waals surface area contributed by atoms with Crippen molar-refractivity contribution in [3.8, 4) is 0 Å². The van der Waals surface area contributed by atoms with Gasteiger partial charge in [-0.25, -0.2) is 0 Å². The van der Waals surface area contributed by atoms with Gasteiger partial charge in [-0.1, -0.05) is 6.92 Å². The Labute approximate surface area is 183 Å². The molecular formula is C18H27F3O10S. The molecule has 10 nitrogen and oxygen atoms in total. The first-order valence-electron chi connectivity index (χ1n) is 10.1. The Balaban J connectivity index is 1.61. The van der Waals surface area contributed by atoms with E-state index in [4.69, 9.17) is 33.2 Å². The van der Waals surface area contributed by atoms with Gasteiger partial charge in [-0.2, -0.15) is 21.6 Å². The van der Waals surface area contributed by atoms with Crippen molar-refractivity contribution in [1.82, 2.24) is 0 Å². The fourth-order valence-electron chi connectivity index (χ4n) is 4.60. The number of fused-ring (bicyclic) bond motifs is 3. The van der Waals surface area contributed by atoms with Crippen molar-refractivity contribution in [2.24, 2.45) is 5.92 Å². The first-order valence-corrected chi connectivity index (χ1v) is 11.5. The Morgan fingerprint density at radius 2 is 1.34 bits per heavy atom. The topological polar surface area (TPSA) is 108 Å². The van der Waals surface area contributed by atoms with Gasteiger partial charge in [-0.3, -0.25) is 4.18 Å². The van der Waals surface area contributed by atoms with E-state index >= 15 is 0 Å². The lowest BCUT2D eigenvalue weighted by Crippen LogP contribution is -2.59. The van der Waals surface area contributed by atoms with E-state index in [1.54, 1.807) is 27.7 Å². The van der Waals surface area contributed by atoms with Crippen LogP contribution in [0, 0.1) is 5.92 Å². The van der Waals surface area contributed by atoms with E-state index in [-0.39, 0.29) is 0 Å². The molecular weight excluding hydrogens is 465 g/mol. The quantitative estimate of drug-likeness (QED) is 0.424. The summed E-state index contributed by atoms with van der Waals surface area (Å²) in [5.41, 5.74) is -5.59. The fourth-order valence-corrected chi connectivity index (χ4v) is 5.27. The molecule has 0 radical (unpaired) electrons. The molecule has 0 aliphatic carbocycles. The van der Waals surface area contributed by atoms with Crippen LogP contribution in [0.5, 0.6) is 0 Å². The summed E-state index contributed by atoms with van der Waals surface area (Å²) in [6.45, 7) is 8.32. The Kier molecular flexibility index (Phi) is 5.92. The zero-order valence-electron chi connectivity index (χ0n) is 18.3. The minimum Gasteiger partial charge on any atom is -0.353 e. The maximum atomic E-state index is 12.9. The Hall–Kier alpha value is -0.580. The third kappa shape index (κ3) is 4.18. The van der Waals surface area contributed by atoms with Crippen LogP contribution in [-0.2, 0) is 47.5 Å². The number of ether oxygens (including phenoxy) is 7. The summed E-state index contributed by atoms with van der Waals surface area (Å²) >= 11 is 0. The molecule has 0 unspecified atom stereocenters. The number of halogens is 3. The smallest absolute Gasteiger partial charge is 0.353 e. The highest BCUT2D eigenvalue weighted by atomic mass is 32.2. The summed E-state index contributed by atoms with van der Waals surface area (Å²) in [4.78, 5) is 0. The van der Waals surface area contributed by atoms with E-state index < -0.39 is 82.3 Å². The zero-order chi connectivity index (χ0) is 23.9. The van der Waals surface area contributed by atoms with E-state index in [0.29, 0.717) is 0 Å². The summed E-state index contributed by atoms with van der Waals surface area (Å²) in [7, 11) is -4.71. The zero-order valence-corrected chi connectivity index (χ0v) is 19.1. The van der Waals surface area contributed by atoms with Gasteiger partial charge in [0.15, 0.2) is 24.2 Å². The highest BCUT2D eigenvalue weighted by molar-refractivity contribution is 7.87. The highest BCUT2D eigenvalue weighted by Gasteiger charge is 2.64. The summed E-state index contributed by atoms with van der Waals surface area (Å²) < 4.78 is 107. The van der Waals surface area contributed by atoms with E-state index in [1.807, 2.05) is 0 Å². The average molecular weight is 492 g/mol. The molecule has 4 saturated heterocycles. The molecule has 0 saturated carbocycles. The van der Waals surface area contributed by atoms with Gasteiger partial charge in [0.2, 0.25) is 0 Å². The molecule has 4 rings (SSSR count). The van der Waals surface area contributed by atoms with Gasteiger partial charge in [0.25, 0.3) is 0 Å². The second kappa shape index (κ2) is 7.71. The van der Waals surface area contributed by atoms with Gasteiger partial charge in [-0.15, -0.1) is 0 Å². The largest absolute Gasteiger partial charge is 0.523 e. The minimum atomic E-state index is -5.88. The van der Waals surface area contributed by atoms with Crippen LogP contribution in [0.15, 0.2) is 0 Å². The Morgan fingerprint density at radius 3 is 1.91 bits per heavy atom. The van der Waals surface area contributed by atoms with Gasteiger partial charge in [0, 0.05) is 13.0 Å². The van der Waals surface area contributed by atoms with Gasteiger partial charge in [0.1, 0.15) is 30.5 Å². The predicted molar refractivity (Wildman–Crippen MR) is 97.2 cm³/mol. The molecule has 9 atom stereocenters. The SMILES string of the molecule is CO[C@H]1O[C@H]([C@H]2O[C@@H]3OC(C)(C)O[C@@H]3[C@H]3OC(C)(C)O[C@H]32)[C@@H](C)[C@H]1OS(=O)(=O)C(F)(F)F. The molecule has 4 aliphatic rings. The molecule has 0 amide bonds. The monoisotopic (exact) mass is 492 g/mol. The lowest BCUT2D eigenvalue weighted by Gasteiger charge is -2.40. The molecule has 0 aromatic heterocycles. The summed E-state index contributed by atoms with van der Waals surface area (Å²) in [6, 6.07) is 0. The third-order valence-corrected chi connectivity index (χ3v) is 6.91. The van der Waals surface area contributed by atoms with Crippen molar-refractivity contribution in [1.29, 1.82) is 0 Å². The molecule has 0 spiro atoms. The first kappa shape index (κ1) is 24.5. The maximum absolute atomic E-state index is 12.9. The lowest BCUT2D eigenvalue weighted by molar-refractivity contribution is -0.266. The van der Waals surface area contributed by atoms with Gasteiger partial charge < -0.3 is 33.2 Å². The van der Waals surface area contributed by atoms with Crippen molar-refractivity contribution in [3.63, 3.8) is 0 Å². The number of alkyl halides is 3. The Bertz CT molecular complexity index is 831. The van der Waals surface area contributed by atoms with Gasteiger partial charge >= 0.3 is 15.6 Å². The lowest BCUT2D eigenvalue weighted by atomic mass is 9.89. The number of hydrogen-bond donors (Lipinski definition) is 0. The van der Waals surface area contributed by atoms with Crippen LogP contribution in [0.3, 0.4) is 0 Å². The highest BCUT2D eigenvalue weighted by Crippen LogP contribution is 2.47. The fraction of sp³-hybridized carbons (Fsp3) is 1.00. The summed E-state index contributed by atoms with van der Waals surface area (Å²) in [5, 5.41) is 0. The van der Waals surface area contributed by atoms with Crippen molar-refractivity contribution in [3.05, 3.63) is 0 Å². The van der Waals surface area contributed by atoms with Gasteiger partial charge in [-0.05, 0) is 27.7 Å². The van der Waals surface area contributed by atoms with Crippen LogP contribution in [-0.4, -0.2) is 81.8 Å². The van der Waals surface area contributed by atoms with Crippen LogP contribution in [0.4, 0.5) is 13.2 Å². The predicted octanol–water partition coefficient (Wildman–Crippen LogP) is 1.63. The maximum Gasteiger partial charge on any atom is 0.523 e. The molecule has 0 aromatic carbocycles. The standard InChI is InChI=1S/C18H27F3O10S/c1-7-8(25-14(24-6)9(7)31-32(22,23)18(19,20)21)10-11-12(28-16(2,3)27-11)13-15(26-10)30-17(4,5)29-13/h7-15H,1-6H3/t7-,8+,9-,10-,11+,12+,13-,14+,15-/m1/s1. The molecule has 186 valence electrons. The molecule has 4 aliphatic heterocycles. The molecule has 0 bridgehead atoms. The number of hydrogen-bond acceptors (Lipinski definition) is 10. The first-order chi connectivity index (χ1) is 14.6. The van der Waals surface area contributed by atoms with Crippen molar-refractivity contribution < 1.29 is 58.9 Å². The van der Waals surface area contributed by atoms with Crippen molar-refractivity contribution >= 4 is 10.1 Å². The molecule has 4 fully saturated rings. The normalized spacial score (nSPS) is 45.6. The summed E-state index contributed by atoms with van der Waals surface area (Å²) in [5.74, 6) is -2.85. The van der Waals surface area contributed by atoms with E-state index in [9.17, 15) is 21.6 Å². The molecule has 4 heterocycles. The van der Waals surface area contributed by atoms with Crippen LogP contribution in [0.2, 0.25) is 0 Å². The summed E-state index contributed by atoms with van der Waals surface area (Å²) in [6.07, 6.45) is -7.62. The number of rotatable bonds is 4. The van der Waals surface area contributed by atoms with Crippen LogP contribution in [0.1, 0.15) is 34.6 Å². The minimum absolute atomic E-state index is 0.611. The van der Waals surface area contributed by atoms with Crippen LogP contribution >= 0.6 is 0 Å². The van der Waals surface area contributed by atoms with Crippen LogP contribution < -0.4 is 0 Å². The van der Waals surface area contributed by atoms with E-state index in [0.717, 1.165) is 0 Å². The molecule has 32 heavy (non-hydrogen) atoms. The second-order valence-electron chi connectivity index (χ2n) is 9.16. The Morgan fingerprint density at radius 1 is 0.812 bits per heavy atom. The average Bonchev–Trinajstić information content (AvgIpc) is 3.23. The molecule has 0 aromatic rings. The van der Waals surface area contributed by atoms with Gasteiger partial charge in [0.05, 0.1) is 6.10 Å². The van der Waals surface area contributed by atoms with E-state index in [2.05, 4.69) is 4.18 Å². The molecule has 14 heteroatoms. The number of methoxy groups -OCH3 is 1. The van der Waals surface area contributed by atoms with Crippen molar-refractivity contribution in [2.75, 3.05) is 7.11 Å². The van der Waals surface area contributed by atoms with Crippen LogP contribution in [0.25, 0.3) is 0 Å². The molecule has 0 N–H and O–H groups in total. The van der Waals surface area contributed by atoms with E-state index in [1.165, 1.54) is 14.0 Å². The van der Waals surface area contributed by atoms with Crippen molar-refractivity contribution in [2.45, 2.75) is 101 Å².